The van der Waals surface area contributed by atoms with Crippen molar-refractivity contribution >= 4 is 53.4 Å². The summed E-state index contributed by atoms with van der Waals surface area (Å²) in [7, 11) is 0. The van der Waals surface area contributed by atoms with Crippen molar-refractivity contribution in [1.82, 2.24) is 9.97 Å². The lowest BCUT2D eigenvalue weighted by molar-refractivity contribution is 0.660. The van der Waals surface area contributed by atoms with Crippen molar-refractivity contribution in [3.63, 3.8) is 0 Å². The van der Waals surface area contributed by atoms with Gasteiger partial charge in [0.05, 0.1) is 11.4 Å². The first-order valence-electron chi connectivity index (χ1n) is 16.0. The van der Waals surface area contributed by atoms with E-state index in [0.29, 0.717) is 5.82 Å². The van der Waals surface area contributed by atoms with Crippen LogP contribution in [0.2, 0.25) is 0 Å². The normalized spacial score (nSPS) is 13.5. The van der Waals surface area contributed by atoms with Crippen LogP contribution in [0, 0.1) is 0 Å². The minimum Gasteiger partial charge on any atom is -0.455 e. The summed E-state index contributed by atoms with van der Waals surface area (Å²) < 4.78 is 9.03. The fraction of sp³-hybridized carbons (Fsp3) is 0.0698. The van der Waals surface area contributed by atoms with Crippen LogP contribution in [0.3, 0.4) is 0 Å². The van der Waals surface area contributed by atoms with E-state index >= 15 is 0 Å². The number of hydrogen-bond donors (Lipinski definition) is 0. The predicted molar refractivity (Wildman–Crippen MR) is 196 cm³/mol. The van der Waals surface area contributed by atoms with E-state index in [0.717, 1.165) is 50.0 Å². The number of furan rings is 1. The van der Waals surface area contributed by atoms with Gasteiger partial charge in [-0.2, -0.15) is 0 Å². The Labute approximate surface area is 275 Å². The van der Waals surface area contributed by atoms with Gasteiger partial charge in [-0.25, -0.2) is 9.97 Å². The smallest absolute Gasteiger partial charge is 0.160 e. The summed E-state index contributed by atoms with van der Waals surface area (Å²) >= 11 is 1.81. The molecule has 47 heavy (non-hydrogen) atoms. The van der Waals surface area contributed by atoms with Crippen LogP contribution >= 0.6 is 11.3 Å². The van der Waals surface area contributed by atoms with Crippen LogP contribution in [-0.4, -0.2) is 9.97 Å². The van der Waals surface area contributed by atoms with Crippen LogP contribution in [0.4, 0.5) is 0 Å². The van der Waals surface area contributed by atoms with Crippen LogP contribution in [0.1, 0.15) is 25.0 Å². The molecule has 1 aliphatic carbocycles. The van der Waals surface area contributed by atoms with E-state index in [2.05, 4.69) is 135 Å². The largest absolute Gasteiger partial charge is 0.455 e. The minimum absolute atomic E-state index is 0.104. The lowest BCUT2D eigenvalue weighted by atomic mass is 9.82. The molecule has 0 N–H and O–H groups in total. The van der Waals surface area contributed by atoms with Gasteiger partial charge in [0.15, 0.2) is 5.82 Å². The van der Waals surface area contributed by atoms with E-state index in [1.165, 1.54) is 42.4 Å². The summed E-state index contributed by atoms with van der Waals surface area (Å²) in [5, 5.41) is 4.74. The summed E-state index contributed by atoms with van der Waals surface area (Å²) in [6.07, 6.45) is 0. The fourth-order valence-corrected chi connectivity index (χ4v) is 8.78. The van der Waals surface area contributed by atoms with Crippen molar-refractivity contribution < 1.29 is 4.42 Å². The third kappa shape index (κ3) is 3.85. The van der Waals surface area contributed by atoms with E-state index in [-0.39, 0.29) is 5.41 Å². The summed E-state index contributed by atoms with van der Waals surface area (Å²) in [5.41, 5.74) is 11.6. The summed E-state index contributed by atoms with van der Waals surface area (Å²) in [6.45, 7) is 4.64. The van der Waals surface area contributed by atoms with Gasteiger partial charge in [0, 0.05) is 53.1 Å². The van der Waals surface area contributed by atoms with Crippen molar-refractivity contribution in [3.8, 4) is 45.0 Å². The molecule has 10 rings (SSSR count). The standard InChI is InChI=1S/C43H28N2OS/c1-43(2)33-17-6-3-13-30(33)40-31(15-10-18-34(40)43)35-24-36(32-16-9-14-29-26-11-4-7-19-37(26)46-41(29)32)45-42(44-35)25-21-22-28-27-12-5-8-20-38(27)47-39(28)23-25/h3-24H,1-2H3. The maximum absolute atomic E-state index is 6.51. The van der Waals surface area contributed by atoms with Crippen LogP contribution in [-0.2, 0) is 5.41 Å². The van der Waals surface area contributed by atoms with E-state index in [1.54, 1.807) is 0 Å². The summed E-state index contributed by atoms with van der Waals surface area (Å²) in [6, 6.07) is 47.4. The number of hydrogen-bond acceptors (Lipinski definition) is 4. The molecule has 0 amide bonds. The van der Waals surface area contributed by atoms with E-state index in [1.807, 2.05) is 23.5 Å². The molecular formula is C43H28N2OS. The number of fused-ring (bicyclic) bond motifs is 9. The first-order chi connectivity index (χ1) is 23.0. The van der Waals surface area contributed by atoms with Crippen LogP contribution in [0.15, 0.2) is 138 Å². The van der Waals surface area contributed by atoms with Crippen LogP contribution < -0.4 is 0 Å². The highest BCUT2D eigenvalue weighted by molar-refractivity contribution is 7.25. The molecule has 9 aromatic rings. The molecule has 0 saturated carbocycles. The predicted octanol–water partition coefficient (Wildman–Crippen LogP) is 12.1. The zero-order valence-electron chi connectivity index (χ0n) is 25.9. The molecule has 0 fully saturated rings. The Hall–Kier alpha value is -5.58. The molecule has 3 heterocycles. The van der Waals surface area contributed by atoms with Gasteiger partial charge in [-0.05, 0) is 52.6 Å². The molecule has 0 saturated heterocycles. The second-order valence-electron chi connectivity index (χ2n) is 13.0. The Bertz CT molecular complexity index is 2730. The third-order valence-corrected chi connectivity index (χ3v) is 11.1. The maximum Gasteiger partial charge on any atom is 0.160 e. The van der Waals surface area contributed by atoms with Gasteiger partial charge in [-0.15, -0.1) is 11.3 Å². The first kappa shape index (κ1) is 26.6. The Kier molecular flexibility index (Phi) is 5.50. The Morgan fingerprint density at radius 3 is 2.11 bits per heavy atom. The molecule has 6 aromatic carbocycles. The van der Waals surface area contributed by atoms with Crippen LogP contribution in [0.5, 0.6) is 0 Å². The monoisotopic (exact) mass is 620 g/mol. The van der Waals surface area contributed by atoms with Gasteiger partial charge in [0.2, 0.25) is 0 Å². The van der Waals surface area contributed by atoms with Gasteiger partial charge in [-0.3, -0.25) is 0 Å². The number of thiophene rings is 1. The number of nitrogens with zero attached hydrogens (tertiary/aromatic N) is 2. The zero-order chi connectivity index (χ0) is 31.3. The Morgan fingerprint density at radius 2 is 1.19 bits per heavy atom. The highest BCUT2D eigenvalue weighted by Crippen LogP contribution is 2.52. The quantitative estimate of drug-likeness (QED) is 0.197. The van der Waals surface area contributed by atoms with Gasteiger partial charge >= 0.3 is 0 Å². The van der Waals surface area contributed by atoms with E-state index < -0.39 is 0 Å². The number of aromatic nitrogens is 2. The molecule has 0 bridgehead atoms. The molecule has 0 atom stereocenters. The van der Waals surface area contributed by atoms with Crippen LogP contribution in [0.25, 0.3) is 87.1 Å². The lowest BCUT2D eigenvalue weighted by Gasteiger charge is -2.21. The molecule has 0 aliphatic heterocycles. The average Bonchev–Trinajstić information content (AvgIpc) is 3.76. The van der Waals surface area contributed by atoms with Crippen molar-refractivity contribution in [3.05, 3.63) is 145 Å². The van der Waals surface area contributed by atoms with Crippen molar-refractivity contribution in [2.75, 3.05) is 0 Å². The summed E-state index contributed by atoms with van der Waals surface area (Å²) in [4.78, 5) is 10.6. The second kappa shape index (κ2) is 9.71. The van der Waals surface area contributed by atoms with Gasteiger partial charge in [-0.1, -0.05) is 117 Å². The molecule has 3 aromatic heterocycles. The highest BCUT2D eigenvalue weighted by atomic mass is 32.1. The van der Waals surface area contributed by atoms with Gasteiger partial charge in [0.1, 0.15) is 11.2 Å². The third-order valence-electron chi connectivity index (χ3n) is 9.93. The van der Waals surface area contributed by atoms with E-state index in [4.69, 9.17) is 14.4 Å². The topological polar surface area (TPSA) is 38.9 Å². The van der Waals surface area contributed by atoms with Gasteiger partial charge in [0.25, 0.3) is 0 Å². The molecule has 1 aliphatic rings. The fourth-order valence-electron chi connectivity index (χ4n) is 7.63. The molecule has 0 spiro atoms. The van der Waals surface area contributed by atoms with Crippen molar-refractivity contribution in [1.29, 1.82) is 0 Å². The summed E-state index contributed by atoms with van der Waals surface area (Å²) in [5.74, 6) is 0.702. The van der Waals surface area contributed by atoms with Crippen molar-refractivity contribution in [2.45, 2.75) is 19.3 Å². The SMILES string of the molecule is CC1(C)c2ccccc2-c2c(-c3cc(-c4cccc5c4oc4ccccc45)nc(-c4ccc5c(c4)sc4ccccc45)n3)cccc21. The molecule has 4 heteroatoms. The molecule has 222 valence electrons. The maximum atomic E-state index is 6.51. The number of para-hydroxylation sites is 2. The van der Waals surface area contributed by atoms with E-state index in [9.17, 15) is 0 Å². The second-order valence-corrected chi connectivity index (χ2v) is 14.0. The zero-order valence-corrected chi connectivity index (χ0v) is 26.7. The number of rotatable bonds is 3. The molecule has 3 nitrogen and oxygen atoms in total. The lowest BCUT2D eigenvalue weighted by Crippen LogP contribution is -2.14. The van der Waals surface area contributed by atoms with Crippen molar-refractivity contribution in [2.24, 2.45) is 0 Å². The Balaban J connectivity index is 1.25. The molecular weight excluding hydrogens is 593 g/mol. The van der Waals surface area contributed by atoms with Gasteiger partial charge < -0.3 is 4.42 Å². The molecule has 0 unspecified atom stereocenters. The first-order valence-corrected chi connectivity index (χ1v) is 16.8. The minimum atomic E-state index is -0.104. The average molecular weight is 621 g/mol. The molecule has 0 radical (unpaired) electrons. The Morgan fingerprint density at radius 1 is 0.532 bits per heavy atom. The highest BCUT2D eigenvalue weighted by Gasteiger charge is 2.36. The number of benzene rings is 6.